The van der Waals surface area contributed by atoms with Crippen molar-refractivity contribution >= 4 is 35.0 Å². The lowest BCUT2D eigenvalue weighted by Crippen LogP contribution is -2.07. The number of rotatable bonds is 8. The highest BCUT2D eigenvalue weighted by atomic mass is 35.5. The SMILES string of the molecule is COCCn1c(SCc2nc(-c3cccc(Cl)c3)no2)nnc1-c1ccc(Cl)cc1. The fourth-order valence-corrected chi connectivity index (χ4v) is 3.89. The van der Waals surface area contributed by atoms with E-state index in [0.717, 1.165) is 22.1 Å². The Morgan fingerprint density at radius 1 is 1.03 bits per heavy atom. The Kier molecular flexibility index (Phi) is 6.69. The number of aromatic nitrogens is 5. The first-order valence-corrected chi connectivity index (χ1v) is 10.8. The Morgan fingerprint density at radius 2 is 1.87 bits per heavy atom. The van der Waals surface area contributed by atoms with Crippen LogP contribution in [0.25, 0.3) is 22.8 Å². The molecule has 2 aromatic heterocycles. The van der Waals surface area contributed by atoms with Crippen LogP contribution in [-0.4, -0.2) is 38.6 Å². The molecule has 0 atom stereocenters. The quantitative estimate of drug-likeness (QED) is 0.331. The molecule has 2 aromatic carbocycles. The van der Waals surface area contributed by atoms with Crippen LogP contribution in [0.3, 0.4) is 0 Å². The van der Waals surface area contributed by atoms with E-state index in [-0.39, 0.29) is 0 Å². The lowest BCUT2D eigenvalue weighted by Gasteiger charge is -2.09. The molecule has 0 spiro atoms. The van der Waals surface area contributed by atoms with Crippen molar-refractivity contribution in [3.63, 3.8) is 0 Å². The lowest BCUT2D eigenvalue weighted by molar-refractivity contribution is 0.185. The minimum absolute atomic E-state index is 0.458. The van der Waals surface area contributed by atoms with Crippen molar-refractivity contribution in [3.05, 3.63) is 64.5 Å². The first-order chi connectivity index (χ1) is 14.6. The Labute approximate surface area is 187 Å². The van der Waals surface area contributed by atoms with Gasteiger partial charge in [-0.05, 0) is 36.4 Å². The van der Waals surface area contributed by atoms with Crippen molar-refractivity contribution < 1.29 is 9.26 Å². The molecule has 0 fully saturated rings. The molecular weight excluding hydrogens is 445 g/mol. The molecule has 7 nitrogen and oxygen atoms in total. The van der Waals surface area contributed by atoms with Crippen molar-refractivity contribution in [2.45, 2.75) is 17.5 Å². The third kappa shape index (κ3) is 4.84. The summed E-state index contributed by atoms with van der Waals surface area (Å²) in [6.07, 6.45) is 0. The van der Waals surface area contributed by atoms with Crippen LogP contribution in [0, 0.1) is 0 Å². The van der Waals surface area contributed by atoms with Gasteiger partial charge in [-0.25, -0.2) is 0 Å². The van der Waals surface area contributed by atoms with E-state index >= 15 is 0 Å². The molecule has 0 unspecified atom stereocenters. The summed E-state index contributed by atoms with van der Waals surface area (Å²) in [6.45, 7) is 1.15. The van der Waals surface area contributed by atoms with Gasteiger partial charge in [-0.15, -0.1) is 10.2 Å². The summed E-state index contributed by atoms with van der Waals surface area (Å²) < 4.78 is 12.6. The van der Waals surface area contributed by atoms with Gasteiger partial charge in [0, 0.05) is 28.3 Å². The molecular formula is C20H17Cl2N5O2S. The zero-order chi connectivity index (χ0) is 20.9. The van der Waals surface area contributed by atoms with E-state index < -0.39 is 0 Å². The van der Waals surface area contributed by atoms with Gasteiger partial charge >= 0.3 is 0 Å². The summed E-state index contributed by atoms with van der Waals surface area (Å²) in [5.74, 6) is 2.19. The molecule has 0 aliphatic heterocycles. The van der Waals surface area contributed by atoms with Crippen LogP contribution in [0.2, 0.25) is 10.0 Å². The minimum Gasteiger partial charge on any atom is -0.383 e. The second-order valence-corrected chi connectivity index (χ2v) is 8.08. The van der Waals surface area contributed by atoms with Crippen LogP contribution in [0.1, 0.15) is 5.89 Å². The summed E-state index contributed by atoms with van der Waals surface area (Å²) in [5, 5.41) is 14.8. The molecule has 0 saturated heterocycles. The number of hydrogen-bond acceptors (Lipinski definition) is 7. The lowest BCUT2D eigenvalue weighted by atomic mass is 10.2. The second-order valence-electron chi connectivity index (χ2n) is 6.27. The summed E-state index contributed by atoms with van der Waals surface area (Å²) in [4.78, 5) is 4.45. The Bertz CT molecular complexity index is 1130. The van der Waals surface area contributed by atoms with Crippen LogP contribution < -0.4 is 0 Å². The molecule has 0 aliphatic rings. The van der Waals surface area contributed by atoms with Gasteiger partial charge in [-0.3, -0.25) is 4.57 Å². The van der Waals surface area contributed by atoms with Crippen LogP contribution in [0.5, 0.6) is 0 Å². The van der Waals surface area contributed by atoms with E-state index in [0.29, 0.717) is 40.7 Å². The second kappa shape index (κ2) is 9.61. The summed E-state index contributed by atoms with van der Waals surface area (Å²) in [6, 6.07) is 14.8. The Morgan fingerprint density at radius 3 is 2.63 bits per heavy atom. The predicted octanol–water partition coefficient (Wildman–Crippen LogP) is 5.24. The van der Waals surface area contributed by atoms with Crippen molar-refractivity contribution in [1.29, 1.82) is 0 Å². The standard InChI is InChI=1S/C20H17Cl2N5O2S/c1-28-10-9-27-19(13-5-7-15(21)8-6-13)24-25-20(27)30-12-17-23-18(26-29-17)14-3-2-4-16(22)11-14/h2-8,11H,9-10,12H2,1H3. The number of thioether (sulfide) groups is 1. The van der Waals surface area contributed by atoms with Crippen molar-refractivity contribution in [2.75, 3.05) is 13.7 Å². The van der Waals surface area contributed by atoms with Crippen LogP contribution in [0.15, 0.2) is 58.2 Å². The van der Waals surface area contributed by atoms with Gasteiger partial charge in [-0.1, -0.05) is 52.3 Å². The summed E-state index contributed by atoms with van der Waals surface area (Å²) in [7, 11) is 1.66. The molecule has 0 bridgehead atoms. The van der Waals surface area contributed by atoms with E-state index in [1.807, 2.05) is 41.0 Å². The molecule has 154 valence electrons. The van der Waals surface area contributed by atoms with E-state index in [1.165, 1.54) is 11.8 Å². The van der Waals surface area contributed by atoms with E-state index in [4.69, 9.17) is 32.5 Å². The molecule has 4 aromatic rings. The predicted molar refractivity (Wildman–Crippen MR) is 117 cm³/mol. The highest BCUT2D eigenvalue weighted by molar-refractivity contribution is 7.98. The number of ether oxygens (including phenoxy) is 1. The van der Waals surface area contributed by atoms with Gasteiger partial charge in [0.2, 0.25) is 11.7 Å². The van der Waals surface area contributed by atoms with E-state index in [9.17, 15) is 0 Å². The fourth-order valence-electron chi connectivity index (χ4n) is 2.78. The average Bonchev–Trinajstić information content (AvgIpc) is 3.38. The highest BCUT2D eigenvalue weighted by Crippen LogP contribution is 2.28. The number of benzene rings is 2. The molecule has 0 aliphatic carbocycles. The first-order valence-electron chi connectivity index (χ1n) is 9.03. The molecule has 10 heteroatoms. The largest absolute Gasteiger partial charge is 0.383 e. The Balaban J connectivity index is 1.52. The normalized spacial score (nSPS) is 11.2. The Hall–Kier alpha value is -2.39. The molecule has 0 saturated carbocycles. The third-order valence-electron chi connectivity index (χ3n) is 4.21. The topological polar surface area (TPSA) is 78.9 Å². The first kappa shape index (κ1) is 20.9. The minimum atomic E-state index is 0.458. The number of methoxy groups -OCH3 is 1. The fraction of sp³-hybridized carbons (Fsp3) is 0.200. The van der Waals surface area contributed by atoms with Gasteiger partial charge in [0.1, 0.15) is 0 Å². The molecule has 0 amide bonds. The smallest absolute Gasteiger partial charge is 0.237 e. The van der Waals surface area contributed by atoms with Gasteiger partial charge in [-0.2, -0.15) is 4.98 Å². The number of halogens is 2. The van der Waals surface area contributed by atoms with Gasteiger partial charge < -0.3 is 9.26 Å². The van der Waals surface area contributed by atoms with Crippen molar-refractivity contribution in [1.82, 2.24) is 24.9 Å². The summed E-state index contributed by atoms with van der Waals surface area (Å²) in [5.41, 5.74) is 1.73. The van der Waals surface area contributed by atoms with Gasteiger partial charge in [0.25, 0.3) is 0 Å². The molecule has 30 heavy (non-hydrogen) atoms. The maximum absolute atomic E-state index is 6.04. The van der Waals surface area contributed by atoms with Crippen molar-refractivity contribution in [2.24, 2.45) is 0 Å². The molecule has 2 heterocycles. The van der Waals surface area contributed by atoms with E-state index in [1.54, 1.807) is 19.2 Å². The molecule has 0 N–H and O–H groups in total. The third-order valence-corrected chi connectivity index (χ3v) is 5.65. The number of hydrogen-bond donors (Lipinski definition) is 0. The summed E-state index contributed by atoms with van der Waals surface area (Å²) >= 11 is 13.5. The highest BCUT2D eigenvalue weighted by Gasteiger charge is 2.16. The average molecular weight is 462 g/mol. The monoisotopic (exact) mass is 461 g/mol. The number of nitrogens with zero attached hydrogens (tertiary/aromatic N) is 5. The van der Waals surface area contributed by atoms with E-state index in [2.05, 4.69) is 20.3 Å². The maximum Gasteiger partial charge on any atom is 0.237 e. The molecule has 4 rings (SSSR count). The molecule has 0 radical (unpaired) electrons. The zero-order valence-electron chi connectivity index (χ0n) is 16.0. The van der Waals surface area contributed by atoms with Crippen molar-refractivity contribution in [3.8, 4) is 22.8 Å². The van der Waals surface area contributed by atoms with Crippen LogP contribution >= 0.6 is 35.0 Å². The van der Waals surface area contributed by atoms with Crippen LogP contribution in [-0.2, 0) is 17.0 Å². The van der Waals surface area contributed by atoms with Crippen LogP contribution in [0.4, 0.5) is 0 Å². The van der Waals surface area contributed by atoms with Gasteiger partial charge in [0.05, 0.1) is 18.9 Å². The zero-order valence-corrected chi connectivity index (χ0v) is 18.3. The maximum atomic E-state index is 6.04. The van der Waals surface area contributed by atoms with Gasteiger partial charge in [0.15, 0.2) is 11.0 Å².